The maximum atomic E-state index is 13.2. The Bertz CT molecular complexity index is 1380. The number of piperazine rings is 1. The molecule has 0 aromatic carbocycles. The number of aryl methyl sites for hydroxylation is 1. The fraction of sp³-hybridized carbons (Fsp3) is 0.375. The molecule has 0 unspecified atom stereocenters. The van der Waals surface area contributed by atoms with Gasteiger partial charge in [0.1, 0.15) is 23.0 Å². The molecule has 1 saturated heterocycles. The number of hydrogen-bond donors (Lipinski definition) is 0. The fourth-order valence-electron chi connectivity index (χ4n) is 4.12. The maximum absolute atomic E-state index is 13.2. The van der Waals surface area contributed by atoms with Crippen LogP contribution in [0.1, 0.15) is 31.3 Å². The highest BCUT2D eigenvalue weighted by Crippen LogP contribution is 2.33. The Kier molecular flexibility index (Phi) is 6.18. The summed E-state index contributed by atoms with van der Waals surface area (Å²) in [6.07, 6.45) is 1.49. The molecule has 0 radical (unpaired) electrons. The van der Waals surface area contributed by atoms with E-state index in [2.05, 4.69) is 28.7 Å². The minimum Gasteiger partial charge on any atom is -0.353 e. The molecule has 4 aromatic heterocycles. The lowest BCUT2D eigenvalue weighted by molar-refractivity contribution is -0.132. The number of nitrogens with zero attached hydrogens (tertiary/aromatic N) is 6. The van der Waals surface area contributed by atoms with Crippen molar-refractivity contribution in [3.05, 3.63) is 57.2 Å². The van der Waals surface area contributed by atoms with Gasteiger partial charge in [-0.1, -0.05) is 19.9 Å². The molecule has 1 aliphatic heterocycles. The molecule has 0 atom stereocenters. The molecule has 176 valence electrons. The van der Waals surface area contributed by atoms with Crippen LogP contribution >= 0.6 is 22.7 Å². The van der Waals surface area contributed by atoms with Crippen molar-refractivity contribution in [2.75, 3.05) is 31.1 Å². The van der Waals surface area contributed by atoms with Crippen LogP contribution in [0.3, 0.4) is 0 Å². The summed E-state index contributed by atoms with van der Waals surface area (Å²) in [5.74, 6) is 1.94. The van der Waals surface area contributed by atoms with E-state index in [1.807, 2.05) is 40.8 Å². The number of amides is 1. The number of anilines is 1. The summed E-state index contributed by atoms with van der Waals surface area (Å²) in [6.45, 7) is 8.70. The number of thiophene rings is 2. The molecule has 4 aromatic rings. The average Bonchev–Trinajstić information content (AvgIpc) is 3.50. The highest BCUT2D eigenvalue weighted by molar-refractivity contribution is 7.18. The number of fused-ring (bicyclic) bond motifs is 1. The summed E-state index contributed by atoms with van der Waals surface area (Å²) in [6, 6.07) is 5.96. The van der Waals surface area contributed by atoms with Crippen LogP contribution in [0.4, 0.5) is 5.82 Å². The highest BCUT2D eigenvalue weighted by Gasteiger charge is 2.24. The van der Waals surface area contributed by atoms with E-state index in [1.165, 1.54) is 22.2 Å². The molecule has 1 fully saturated rings. The van der Waals surface area contributed by atoms with Gasteiger partial charge >= 0.3 is 0 Å². The van der Waals surface area contributed by atoms with Crippen LogP contribution in [0.15, 0.2) is 40.1 Å². The quantitative estimate of drug-likeness (QED) is 0.420. The summed E-state index contributed by atoms with van der Waals surface area (Å²) in [4.78, 5) is 45.7. The van der Waals surface area contributed by atoms with Gasteiger partial charge in [-0.25, -0.2) is 15.0 Å². The van der Waals surface area contributed by atoms with E-state index in [4.69, 9.17) is 4.98 Å². The van der Waals surface area contributed by atoms with E-state index in [0.717, 1.165) is 27.8 Å². The molecule has 1 amide bonds. The predicted molar refractivity (Wildman–Crippen MR) is 137 cm³/mol. The number of aromatic nitrogens is 4. The van der Waals surface area contributed by atoms with Crippen LogP contribution in [-0.2, 0) is 11.3 Å². The minimum absolute atomic E-state index is 0.00832. The molecule has 0 spiro atoms. The number of hydrogen-bond acceptors (Lipinski definition) is 8. The third-order valence-electron chi connectivity index (χ3n) is 5.98. The Labute approximate surface area is 205 Å². The third kappa shape index (κ3) is 4.35. The van der Waals surface area contributed by atoms with E-state index < -0.39 is 0 Å². The summed E-state index contributed by atoms with van der Waals surface area (Å²) in [5, 5.41) is 4.55. The van der Waals surface area contributed by atoms with E-state index >= 15 is 0 Å². The Balaban J connectivity index is 1.29. The van der Waals surface area contributed by atoms with Gasteiger partial charge < -0.3 is 9.80 Å². The van der Waals surface area contributed by atoms with Crippen molar-refractivity contribution in [3.8, 4) is 10.4 Å². The number of carbonyl (C=O) groups is 1. The van der Waals surface area contributed by atoms with Crippen molar-refractivity contribution in [2.24, 2.45) is 0 Å². The van der Waals surface area contributed by atoms with Crippen molar-refractivity contribution in [1.82, 2.24) is 24.4 Å². The second-order valence-electron chi connectivity index (χ2n) is 8.73. The zero-order chi connectivity index (χ0) is 23.8. The molecule has 0 aliphatic carbocycles. The van der Waals surface area contributed by atoms with Crippen molar-refractivity contribution < 1.29 is 4.79 Å². The second kappa shape index (κ2) is 9.27. The molecular weight excluding hydrogens is 468 g/mol. The van der Waals surface area contributed by atoms with Crippen LogP contribution in [0.25, 0.3) is 20.7 Å². The van der Waals surface area contributed by atoms with Crippen molar-refractivity contribution >= 4 is 44.6 Å². The topological polar surface area (TPSA) is 84.2 Å². The van der Waals surface area contributed by atoms with Crippen LogP contribution in [0.5, 0.6) is 0 Å². The Morgan fingerprint density at radius 1 is 1.15 bits per heavy atom. The van der Waals surface area contributed by atoms with Crippen molar-refractivity contribution in [2.45, 2.75) is 33.2 Å². The van der Waals surface area contributed by atoms with Crippen LogP contribution in [0.2, 0.25) is 0 Å². The van der Waals surface area contributed by atoms with Crippen LogP contribution < -0.4 is 10.5 Å². The molecule has 8 nitrogen and oxygen atoms in total. The lowest BCUT2D eigenvalue weighted by Gasteiger charge is -2.35. The SMILES string of the molecule is Cc1cc(N2CCN(C(=O)Cn3cnc4scc(-c5cccs5)c4c3=O)CC2)nc(C(C)C)n1. The van der Waals surface area contributed by atoms with Gasteiger partial charge in [-0.3, -0.25) is 14.2 Å². The first kappa shape index (κ1) is 22.7. The zero-order valence-electron chi connectivity index (χ0n) is 19.4. The molecule has 5 heterocycles. The third-order valence-corrected chi connectivity index (χ3v) is 7.77. The molecule has 0 N–H and O–H groups in total. The smallest absolute Gasteiger partial charge is 0.263 e. The van der Waals surface area contributed by atoms with E-state index in [-0.39, 0.29) is 23.9 Å². The molecule has 0 saturated carbocycles. The molecule has 34 heavy (non-hydrogen) atoms. The largest absolute Gasteiger partial charge is 0.353 e. The Hall–Kier alpha value is -3.11. The van der Waals surface area contributed by atoms with Gasteiger partial charge in [-0.05, 0) is 18.4 Å². The summed E-state index contributed by atoms with van der Waals surface area (Å²) in [7, 11) is 0. The lowest BCUT2D eigenvalue weighted by atomic mass is 10.2. The van der Waals surface area contributed by atoms with E-state index in [9.17, 15) is 9.59 Å². The van der Waals surface area contributed by atoms with Gasteiger partial charge in [0, 0.05) is 59.7 Å². The highest BCUT2D eigenvalue weighted by atomic mass is 32.1. The average molecular weight is 495 g/mol. The zero-order valence-corrected chi connectivity index (χ0v) is 21.0. The van der Waals surface area contributed by atoms with Gasteiger partial charge in [0.2, 0.25) is 5.91 Å². The first-order valence-corrected chi connectivity index (χ1v) is 13.1. The van der Waals surface area contributed by atoms with Crippen LogP contribution in [-0.4, -0.2) is 56.5 Å². The molecule has 5 rings (SSSR count). The van der Waals surface area contributed by atoms with E-state index in [1.54, 1.807) is 11.3 Å². The predicted octanol–water partition coefficient (Wildman–Crippen LogP) is 3.76. The monoisotopic (exact) mass is 494 g/mol. The summed E-state index contributed by atoms with van der Waals surface area (Å²) < 4.78 is 1.43. The van der Waals surface area contributed by atoms with E-state index in [0.29, 0.717) is 36.4 Å². The second-order valence-corrected chi connectivity index (χ2v) is 10.5. The van der Waals surface area contributed by atoms with Gasteiger partial charge in [0.25, 0.3) is 5.56 Å². The molecule has 1 aliphatic rings. The summed E-state index contributed by atoms with van der Waals surface area (Å²) >= 11 is 3.04. The molecule has 10 heteroatoms. The lowest BCUT2D eigenvalue weighted by Crippen LogP contribution is -2.50. The van der Waals surface area contributed by atoms with Crippen molar-refractivity contribution in [1.29, 1.82) is 0 Å². The maximum Gasteiger partial charge on any atom is 0.263 e. The number of carbonyl (C=O) groups excluding carboxylic acids is 1. The van der Waals surface area contributed by atoms with Gasteiger partial charge in [-0.15, -0.1) is 22.7 Å². The van der Waals surface area contributed by atoms with Gasteiger partial charge in [0.15, 0.2) is 0 Å². The Morgan fingerprint density at radius 2 is 1.94 bits per heavy atom. The first-order chi connectivity index (χ1) is 16.4. The van der Waals surface area contributed by atoms with Gasteiger partial charge in [-0.2, -0.15) is 0 Å². The Morgan fingerprint density at radius 3 is 2.65 bits per heavy atom. The standard InChI is InChI=1S/C24H26N6O2S2/c1-15(2)22-26-16(3)11-19(27-22)28-6-8-29(9-7-28)20(31)12-30-14-25-23-21(24(30)32)17(13-34-23)18-5-4-10-33-18/h4-5,10-11,13-15H,6-9,12H2,1-3H3. The summed E-state index contributed by atoms with van der Waals surface area (Å²) in [5.41, 5.74) is 1.67. The molecular formula is C24H26N6O2S2. The first-order valence-electron chi connectivity index (χ1n) is 11.3. The normalized spacial score (nSPS) is 14.4. The minimum atomic E-state index is -0.167. The van der Waals surface area contributed by atoms with Crippen molar-refractivity contribution in [3.63, 3.8) is 0 Å². The van der Waals surface area contributed by atoms with Crippen LogP contribution in [0, 0.1) is 6.92 Å². The fourth-order valence-corrected chi connectivity index (χ4v) is 5.84. The molecule has 0 bridgehead atoms. The van der Waals surface area contributed by atoms with Gasteiger partial charge in [0.05, 0.1) is 11.7 Å². The number of rotatable bonds is 5.